The van der Waals surface area contributed by atoms with Crippen LogP contribution in [-0.4, -0.2) is 13.1 Å². The maximum atomic E-state index is 12.0. The van der Waals surface area contributed by atoms with Crippen molar-refractivity contribution in [2.45, 2.75) is 18.4 Å². The monoisotopic (exact) mass is 295 g/mol. The molecule has 0 aliphatic carbocycles. The van der Waals surface area contributed by atoms with E-state index >= 15 is 0 Å². The Morgan fingerprint density at radius 1 is 1.09 bits per heavy atom. The van der Waals surface area contributed by atoms with Gasteiger partial charge in [0.05, 0.1) is 7.11 Å². The number of methoxy groups -OCH3 is 1. The zero-order valence-electron chi connectivity index (χ0n) is 13.3. The second-order valence-corrected chi connectivity index (χ2v) is 5.10. The van der Waals surface area contributed by atoms with E-state index in [0.717, 1.165) is 11.1 Å². The Bertz CT molecular complexity index is 697. The highest BCUT2D eigenvalue weighted by atomic mass is 16.6. The second-order valence-electron chi connectivity index (χ2n) is 5.10. The van der Waals surface area contributed by atoms with Gasteiger partial charge >= 0.3 is 5.97 Å². The van der Waals surface area contributed by atoms with Crippen molar-refractivity contribution in [1.82, 2.24) is 0 Å². The SMILES string of the molecule is [2H][C@@H]1[C@H](c2ccccc2)C=C(C(=O)OC)O[C@H]1c1ccccc1. The van der Waals surface area contributed by atoms with Gasteiger partial charge in [-0.05, 0) is 23.6 Å². The van der Waals surface area contributed by atoms with Crippen molar-refractivity contribution in [3.63, 3.8) is 0 Å². The predicted octanol–water partition coefficient (Wildman–Crippen LogP) is 3.99. The van der Waals surface area contributed by atoms with Crippen LogP contribution in [0.3, 0.4) is 0 Å². The largest absolute Gasteiger partial charge is 0.479 e. The summed E-state index contributed by atoms with van der Waals surface area (Å²) in [5.74, 6) is -0.582. The molecule has 3 heteroatoms. The fourth-order valence-electron chi connectivity index (χ4n) is 2.54. The number of hydrogen-bond donors (Lipinski definition) is 0. The summed E-state index contributed by atoms with van der Waals surface area (Å²) in [4.78, 5) is 12.0. The van der Waals surface area contributed by atoms with Gasteiger partial charge in [-0.25, -0.2) is 4.79 Å². The molecule has 0 spiro atoms. The van der Waals surface area contributed by atoms with Crippen LogP contribution < -0.4 is 0 Å². The molecule has 1 heterocycles. The minimum atomic E-state index is -0.548. The fourth-order valence-corrected chi connectivity index (χ4v) is 2.54. The average molecular weight is 295 g/mol. The summed E-state index contributed by atoms with van der Waals surface area (Å²) in [5, 5.41) is 0. The molecule has 1 aliphatic heterocycles. The van der Waals surface area contributed by atoms with Crippen molar-refractivity contribution in [2.24, 2.45) is 0 Å². The molecule has 2 aromatic rings. The van der Waals surface area contributed by atoms with Gasteiger partial charge in [-0.1, -0.05) is 60.7 Å². The first kappa shape index (κ1) is 13.1. The van der Waals surface area contributed by atoms with E-state index in [1.807, 2.05) is 60.7 Å². The Kier molecular flexibility index (Phi) is 3.87. The lowest BCUT2D eigenvalue weighted by Gasteiger charge is -2.29. The van der Waals surface area contributed by atoms with Crippen LogP contribution >= 0.6 is 0 Å². The Hall–Kier alpha value is -2.55. The van der Waals surface area contributed by atoms with Gasteiger partial charge in [-0.15, -0.1) is 0 Å². The van der Waals surface area contributed by atoms with Gasteiger partial charge in [-0.2, -0.15) is 0 Å². The van der Waals surface area contributed by atoms with Gasteiger partial charge < -0.3 is 9.47 Å². The fraction of sp³-hybridized carbons (Fsp3) is 0.211. The lowest BCUT2D eigenvalue weighted by atomic mass is 9.88. The van der Waals surface area contributed by atoms with Gasteiger partial charge in [0, 0.05) is 7.29 Å². The first-order chi connectivity index (χ1) is 11.2. The van der Waals surface area contributed by atoms with Crippen LogP contribution in [0.25, 0.3) is 0 Å². The molecule has 0 bridgehead atoms. The van der Waals surface area contributed by atoms with Crippen molar-refractivity contribution < 1.29 is 15.6 Å². The van der Waals surface area contributed by atoms with E-state index in [2.05, 4.69) is 0 Å². The molecule has 0 amide bonds. The third-order valence-corrected chi connectivity index (χ3v) is 3.67. The number of allylic oxidation sites excluding steroid dienone is 1. The van der Waals surface area contributed by atoms with Crippen LogP contribution in [0.1, 0.15) is 30.9 Å². The minimum Gasteiger partial charge on any atom is -0.479 e. The lowest BCUT2D eigenvalue weighted by Crippen LogP contribution is -2.20. The topological polar surface area (TPSA) is 35.5 Å². The summed E-state index contributed by atoms with van der Waals surface area (Å²) in [6, 6.07) is 19.3. The second kappa shape index (κ2) is 6.48. The summed E-state index contributed by atoms with van der Waals surface area (Å²) >= 11 is 0. The number of hydrogen-bond acceptors (Lipinski definition) is 3. The minimum absolute atomic E-state index is 0.165. The molecule has 3 rings (SSSR count). The zero-order chi connectivity index (χ0) is 16.2. The molecule has 1 aliphatic rings. The van der Waals surface area contributed by atoms with Crippen LogP contribution in [-0.2, 0) is 14.3 Å². The van der Waals surface area contributed by atoms with Gasteiger partial charge in [0.15, 0.2) is 0 Å². The first-order valence-electron chi connectivity index (χ1n) is 7.77. The predicted molar refractivity (Wildman–Crippen MR) is 84.2 cm³/mol. The molecular weight excluding hydrogens is 276 g/mol. The van der Waals surface area contributed by atoms with Gasteiger partial charge in [0.1, 0.15) is 6.10 Å². The van der Waals surface area contributed by atoms with Crippen LogP contribution in [0, 0.1) is 0 Å². The van der Waals surface area contributed by atoms with Crippen molar-refractivity contribution in [3.05, 3.63) is 83.6 Å². The highest BCUT2D eigenvalue weighted by Gasteiger charge is 2.29. The van der Waals surface area contributed by atoms with Gasteiger partial charge in [0.2, 0.25) is 5.76 Å². The van der Waals surface area contributed by atoms with Crippen LogP contribution in [0.4, 0.5) is 0 Å². The summed E-state index contributed by atoms with van der Waals surface area (Å²) < 4.78 is 19.2. The lowest BCUT2D eigenvalue weighted by molar-refractivity contribution is -0.142. The summed E-state index contributed by atoms with van der Waals surface area (Å²) in [5.41, 5.74) is 1.86. The summed E-state index contributed by atoms with van der Waals surface area (Å²) in [7, 11) is 1.33. The number of ether oxygens (including phenoxy) is 2. The van der Waals surface area contributed by atoms with E-state index in [1.54, 1.807) is 6.08 Å². The summed E-state index contributed by atoms with van der Waals surface area (Å²) in [6.07, 6.45) is 0.631. The number of carbonyl (C=O) groups excluding carboxylic acids is 1. The Labute approximate surface area is 131 Å². The molecule has 0 N–H and O–H groups in total. The van der Waals surface area contributed by atoms with Crippen LogP contribution in [0.2, 0.25) is 0 Å². The average Bonchev–Trinajstić information content (AvgIpc) is 2.62. The molecule has 22 heavy (non-hydrogen) atoms. The van der Waals surface area contributed by atoms with Crippen molar-refractivity contribution in [3.8, 4) is 0 Å². The van der Waals surface area contributed by atoms with Gasteiger partial charge in [-0.3, -0.25) is 0 Å². The van der Waals surface area contributed by atoms with E-state index in [-0.39, 0.29) is 11.7 Å². The molecule has 0 fully saturated rings. The maximum absolute atomic E-state index is 12.0. The van der Waals surface area contributed by atoms with Crippen LogP contribution in [0.5, 0.6) is 0 Å². The normalized spacial score (nSPS) is 24.7. The molecule has 0 unspecified atom stereocenters. The van der Waals surface area contributed by atoms with Crippen LogP contribution in [0.15, 0.2) is 72.5 Å². The third-order valence-electron chi connectivity index (χ3n) is 3.67. The molecule has 0 saturated carbocycles. The van der Waals surface area contributed by atoms with E-state index < -0.39 is 18.5 Å². The van der Waals surface area contributed by atoms with E-state index in [0.29, 0.717) is 0 Å². The van der Waals surface area contributed by atoms with Crippen molar-refractivity contribution in [1.29, 1.82) is 0 Å². The van der Waals surface area contributed by atoms with E-state index in [1.165, 1.54) is 7.11 Å². The Morgan fingerprint density at radius 3 is 2.27 bits per heavy atom. The van der Waals surface area contributed by atoms with Crippen molar-refractivity contribution >= 4 is 5.97 Å². The molecule has 112 valence electrons. The number of esters is 1. The third kappa shape index (κ3) is 3.03. The molecule has 3 atom stereocenters. The Balaban J connectivity index is 2.02. The summed E-state index contributed by atoms with van der Waals surface area (Å²) in [6.45, 7) is 0. The number of carbonyl (C=O) groups is 1. The highest BCUT2D eigenvalue weighted by Crippen LogP contribution is 2.38. The van der Waals surface area contributed by atoms with E-state index in [9.17, 15) is 4.79 Å². The Morgan fingerprint density at radius 2 is 1.68 bits per heavy atom. The van der Waals surface area contributed by atoms with E-state index in [4.69, 9.17) is 10.8 Å². The molecule has 0 aromatic heterocycles. The quantitative estimate of drug-likeness (QED) is 0.803. The molecule has 0 saturated heterocycles. The number of benzene rings is 2. The van der Waals surface area contributed by atoms with Gasteiger partial charge in [0.25, 0.3) is 0 Å². The maximum Gasteiger partial charge on any atom is 0.373 e. The highest BCUT2D eigenvalue weighted by molar-refractivity contribution is 5.86. The van der Waals surface area contributed by atoms with Crippen molar-refractivity contribution in [2.75, 3.05) is 7.11 Å². The molecule has 0 radical (unpaired) electrons. The number of rotatable bonds is 3. The molecular formula is C19H18O3. The smallest absolute Gasteiger partial charge is 0.373 e. The zero-order valence-corrected chi connectivity index (χ0v) is 12.3. The standard InChI is InChI=1S/C19H18O3/c1-21-19(20)18-13-16(14-8-4-2-5-9-14)12-17(22-18)15-10-6-3-7-11-15/h2-11,13,16-17H,12H2,1H3/t16-,17+/m0/s1/i12D/t12-,16+,17-/m1. The first-order valence-corrected chi connectivity index (χ1v) is 7.19. The molecule has 3 nitrogen and oxygen atoms in total. The molecule has 2 aromatic carbocycles.